The Kier molecular flexibility index (Phi) is 8.55. The number of ether oxygens (including phenoxy) is 1. The molecule has 0 spiro atoms. The molecule has 0 heterocycles. The Morgan fingerprint density at radius 2 is 1.82 bits per heavy atom. The quantitative estimate of drug-likeness (QED) is 0.424. The normalized spacial score (nSPS) is 39.5. The second-order valence-electron chi connectivity index (χ2n) is 12.2. The average Bonchev–Trinajstić information content (AvgIpc) is 3.07. The van der Waals surface area contributed by atoms with Crippen molar-refractivity contribution >= 4 is 0 Å². The number of aliphatic hydroxyl groups excluding tert-OH is 2. The minimum Gasteiger partial charge on any atom is -0.390 e. The van der Waals surface area contributed by atoms with Crippen LogP contribution in [-0.2, 0) is 4.74 Å². The summed E-state index contributed by atoms with van der Waals surface area (Å²) in [7, 11) is 1.47. The average molecular weight is 465 g/mol. The van der Waals surface area contributed by atoms with Gasteiger partial charge in [0.15, 0.2) is 0 Å². The summed E-state index contributed by atoms with van der Waals surface area (Å²) in [4.78, 5) is 0. The van der Waals surface area contributed by atoms with Crippen LogP contribution in [0, 0.1) is 23.2 Å². The third-order valence-electron chi connectivity index (χ3n) is 9.15. The maximum atomic E-state index is 10.6. The molecule has 0 aromatic heterocycles. The molecule has 6 atom stereocenters. The molecule has 3 saturated carbocycles. The molecule has 0 bridgehead atoms. The zero-order chi connectivity index (χ0) is 24.4. The zero-order valence-electron chi connectivity index (χ0n) is 21.5. The third kappa shape index (κ3) is 5.92. The maximum absolute atomic E-state index is 10.6. The fourth-order valence-electron chi connectivity index (χ4n) is 7.21. The Bertz CT molecular complexity index is 706. The lowest BCUT2D eigenvalue weighted by Crippen LogP contribution is -2.58. The summed E-state index contributed by atoms with van der Waals surface area (Å²) in [6.07, 6.45) is 12.3. The largest absolute Gasteiger partial charge is 0.390 e. The lowest BCUT2D eigenvalue weighted by Gasteiger charge is -2.44. The first-order valence-corrected chi connectivity index (χ1v) is 13.1. The standard InChI is InChI=1S/C28H48O5/c1-19(8-6-14-26(2,3)31)22-12-13-23-21(9-7-15-27(22,23)4)11-10-20-16-24(29)28(32,18-33-5)25(30)17-20/h10-11,19,22-25,29-32H,6-9,12-18H2,1-5H3/t19-,22?,23?,24-,25-,27?,28?/m1/s1. The van der Waals surface area contributed by atoms with Crippen molar-refractivity contribution in [3.63, 3.8) is 0 Å². The van der Waals surface area contributed by atoms with E-state index in [2.05, 4.69) is 26.0 Å². The van der Waals surface area contributed by atoms with E-state index >= 15 is 0 Å². The Hall–Kier alpha value is -0.720. The van der Waals surface area contributed by atoms with Crippen LogP contribution >= 0.6 is 0 Å². The fraction of sp³-hybridized carbons (Fsp3) is 0.857. The van der Waals surface area contributed by atoms with Crippen molar-refractivity contribution in [2.75, 3.05) is 13.7 Å². The third-order valence-corrected chi connectivity index (χ3v) is 9.15. The second-order valence-corrected chi connectivity index (χ2v) is 12.2. The highest BCUT2D eigenvalue weighted by Crippen LogP contribution is 2.60. The van der Waals surface area contributed by atoms with Crippen LogP contribution in [0.3, 0.4) is 0 Å². The van der Waals surface area contributed by atoms with E-state index in [1.54, 1.807) is 0 Å². The first kappa shape index (κ1) is 26.9. The van der Waals surface area contributed by atoms with E-state index in [1.165, 1.54) is 44.8 Å². The molecule has 0 saturated heterocycles. The van der Waals surface area contributed by atoms with Gasteiger partial charge < -0.3 is 25.2 Å². The molecule has 33 heavy (non-hydrogen) atoms. The van der Waals surface area contributed by atoms with Crippen LogP contribution < -0.4 is 0 Å². The molecule has 3 aliphatic rings. The summed E-state index contributed by atoms with van der Waals surface area (Å²) in [5.41, 5.74) is 0.675. The Morgan fingerprint density at radius 1 is 1.15 bits per heavy atom. The number of methoxy groups -OCH3 is 1. The van der Waals surface area contributed by atoms with Crippen LogP contribution in [0.2, 0.25) is 0 Å². The van der Waals surface area contributed by atoms with Crippen molar-refractivity contribution in [2.45, 2.75) is 115 Å². The van der Waals surface area contributed by atoms with Crippen LogP contribution in [0.4, 0.5) is 0 Å². The van der Waals surface area contributed by atoms with Gasteiger partial charge in [0.1, 0.15) is 5.60 Å². The molecule has 4 N–H and O–H groups in total. The van der Waals surface area contributed by atoms with Gasteiger partial charge in [-0.05, 0) is 88.4 Å². The van der Waals surface area contributed by atoms with E-state index in [1.807, 2.05) is 13.8 Å². The van der Waals surface area contributed by atoms with Gasteiger partial charge in [0, 0.05) is 7.11 Å². The lowest BCUT2D eigenvalue weighted by molar-refractivity contribution is -0.181. The molecule has 0 aromatic carbocycles. The van der Waals surface area contributed by atoms with Crippen molar-refractivity contribution < 1.29 is 25.2 Å². The van der Waals surface area contributed by atoms with Crippen LogP contribution in [0.15, 0.2) is 23.3 Å². The summed E-state index contributed by atoms with van der Waals surface area (Å²) in [5.74, 6) is 2.00. The molecule has 0 aromatic rings. The van der Waals surface area contributed by atoms with Crippen LogP contribution in [-0.4, -0.2) is 57.6 Å². The molecular weight excluding hydrogens is 416 g/mol. The lowest BCUT2D eigenvalue weighted by atomic mass is 9.60. The van der Waals surface area contributed by atoms with Gasteiger partial charge >= 0.3 is 0 Å². The van der Waals surface area contributed by atoms with E-state index in [-0.39, 0.29) is 6.61 Å². The number of rotatable bonds is 8. The van der Waals surface area contributed by atoms with Crippen LogP contribution in [0.1, 0.15) is 91.9 Å². The first-order valence-electron chi connectivity index (χ1n) is 13.1. The Labute approximate surface area is 200 Å². The molecule has 0 radical (unpaired) electrons. The Balaban J connectivity index is 1.68. The summed E-state index contributed by atoms with van der Waals surface area (Å²) in [6, 6.07) is 0. The van der Waals surface area contributed by atoms with Crippen molar-refractivity contribution in [2.24, 2.45) is 23.2 Å². The number of hydrogen-bond acceptors (Lipinski definition) is 5. The maximum Gasteiger partial charge on any atom is 0.140 e. The highest BCUT2D eigenvalue weighted by atomic mass is 16.5. The van der Waals surface area contributed by atoms with Gasteiger partial charge in [-0.3, -0.25) is 0 Å². The number of hydrogen-bond donors (Lipinski definition) is 4. The summed E-state index contributed by atoms with van der Waals surface area (Å²) >= 11 is 0. The minimum absolute atomic E-state index is 0.0699. The molecule has 5 nitrogen and oxygen atoms in total. The molecule has 3 rings (SSSR count). The highest BCUT2D eigenvalue weighted by Gasteiger charge is 2.50. The van der Waals surface area contributed by atoms with Gasteiger partial charge in [-0.15, -0.1) is 0 Å². The zero-order valence-corrected chi connectivity index (χ0v) is 21.5. The molecule has 0 aliphatic heterocycles. The molecule has 190 valence electrons. The van der Waals surface area contributed by atoms with Gasteiger partial charge in [-0.1, -0.05) is 50.0 Å². The van der Waals surface area contributed by atoms with E-state index < -0.39 is 23.4 Å². The van der Waals surface area contributed by atoms with Crippen molar-refractivity contribution in [1.29, 1.82) is 0 Å². The summed E-state index contributed by atoms with van der Waals surface area (Å²) in [5, 5.41) is 41.6. The topological polar surface area (TPSA) is 90.2 Å². The van der Waals surface area contributed by atoms with Gasteiger partial charge in [0.2, 0.25) is 0 Å². The molecule has 5 heteroatoms. The monoisotopic (exact) mass is 464 g/mol. The molecule has 3 unspecified atom stereocenters. The molecule has 3 aliphatic carbocycles. The Morgan fingerprint density at radius 3 is 2.42 bits per heavy atom. The van der Waals surface area contributed by atoms with E-state index in [0.717, 1.165) is 30.8 Å². The SMILES string of the molecule is COCC1(O)[C@H](O)CC(=CC=C2CCCC3(C)C2CCC3[C@H](C)CCCC(C)(C)O)C[C@H]1O. The van der Waals surface area contributed by atoms with Crippen molar-refractivity contribution in [1.82, 2.24) is 0 Å². The highest BCUT2D eigenvalue weighted by molar-refractivity contribution is 5.27. The second kappa shape index (κ2) is 10.5. The predicted molar refractivity (Wildman–Crippen MR) is 132 cm³/mol. The number of allylic oxidation sites excluding steroid dienone is 3. The first-order chi connectivity index (χ1) is 15.4. The van der Waals surface area contributed by atoms with Crippen LogP contribution in [0.25, 0.3) is 0 Å². The van der Waals surface area contributed by atoms with Gasteiger partial charge in [-0.25, -0.2) is 0 Å². The van der Waals surface area contributed by atoms with E-state index in [4.69, 9.17) is 4.74 Å². The number of aliphatic hydroxyl groups is 4. The van der Waals surface area contributed by atoms with E-state index in [0.29, 0.717) is 30.1 Å². The van der Waals surface area contributed by atoms with Crippen molar-refractivity contribution in [3.05, 3.63) is 23.3 Å². The van der Waals surface area contributed by atoms with E-state index in [9.17, 15) is 20.4 Å². The molecular formula is C28H48O5. The minimum atomic E-state index is -1.59. The fourth-order valence-corrected chi connectivity index (χ4v) is 7.21. The molecule has 3 fully saturated rings. The van der Waals surface area contributed by atoms with Gasteiger partial charge in [0.25, 0.3) is 0 Å². The smallest absolute Gasteiger partial charge is 0.140 e. The molecule has 0 amide bonds. The summed E-state index contributed by atoms with van der Waals surface area (Å²) in [6.45, 7) is 8.65. The van der Waals surface area contributed by atoms with Crippen LogP contribution in [0.5, 0.6) is 0 Å². The van der Waals surface area contributed by atoms with Gasteiger partial charge in [0.05, 0.1) is 24.4 Å². The predicted octanol–water partition coefficient (Wildman–Crippen LogP) is 4.53. The summed E-state index contributed by atoms with van der Waals surface area (Å²) < 4.78 is 5.03. The van der Waals surface area contributed by atoms with Crippen molar-refractivity contribution in [3.8, 4) is 0 Å². The number of fused-ring (bicyclic) bond motifs is 1. The van der Waals surface area contributed by atoms with Gasteiger partial charge in [-0.2, -0.15) is 0 Å².